The summed E-state index contributed by atoms with van der Waals surface area (Å²) in [6, 6.07) is 9.65. The van der Waals surface area contributed by atoms with Gasteiger partial charge in [-0.15, -0.1) is 0 Å². The fraction of sp³-hybridized carbons (Fsp3) is 0.278. The fourth-order valence-electron chi connectivity index (χ4n) is 3.12. The van der Waals surface area contributed by atoms with Crippen LogP contribution in [0.3, 0.4) is 0 Å². The molecule has 1 heterocycles. The number of nitrogens with zero attached hydrogens (tertiary/aromatic N) is 1. The summed E-state index contributed by atoms with van der Waals surface area (Å²) in [6.07, 6.45) is 0.599. The maximum Gasteiger partial charge on any atom is 0.339 e. The molecule has 2 aromatic carbocycles. The van der Waals surface area contributed by atoms with Gasteiger partial charge >= 0.3 is 5.97 Å². The van der Waals surface area contributed by atoms with E-state index in [1.807, 2.05) is 0 Å². The molecule has 138 valence electrons. The Hall–Kier alpha value is -1.96. The lowest BCUT2D eigenvalue weighted by Gasteiger charge is -2.29. The zero-order valence-electron chi connectivity index (χ0n) is 13.8. The van der Waals surface area contributed by atoms with E-state index >= 15 is 0 Å². The van der Waals surface area contributed by atoms with Crippen molar-refractivity contribution >= 4 is 27.6 Å². The Morgan fingerprint density at radius 3 is 2.65 bits per heavy atom. The molecule has 5 nitrogen and oxygen atoms in total. The number of aromatic carboxylic acids is 1. The topological polar surface area (TPSA) is 74.7 Å². The van der Waals surface area contributed by atoms with Crippen LogP contribution < -0.4 is 0 Å². The summed E-state index contributed by atoms with van der Waals surface area (Å²) in [4.78, 5) is 11.4. The van der Waals surface area contributed by atoms with Crippen molar-refractivity contribution in [2.24, 2.45) is 0 Å². The largest absolute Gasteiger partial charge is 0.478 e. The molecule has 2 aromatic rings. The summed E-state index contributed by atoms with van der Waals surface area (Å²) >= 11 is 6.06. The summed E-state index contributed by atoms with van der Waals surface area (Å²) < 4.78 is 40.5. The Morgan fingerprint density at radius 1 is 1.23 bits per heavy atom. The van der Waals surface area contributed by atoms with Gasteiger partial charge in [0.2, 0.25) is 10.0 Å². The van der Waals surface area contributed by atoms with Crippen LogP contribution in [-0.2, 0) is 29.4 Å². The van der Waals surface area contributed by atoms with E-state index in [1.165, 1.54) is 10.4 Å². The van der Waals surface area contributed by atoms with Crippen LogP contribution in [0.4, 0.5) is 4.39 Å². The molecule has 0 saturated heterocycles. The molecule has 1 N–H and O–H groups in total. The number of aryl methyl sites for hydroxylation is 1. The quantitative estimate of drug-likeness (QED) is 0.841. The average molecular weight is 398 g/mol. The van der Waals surface area contributed by atoms with Crippen molar-refractivity contribution in [2.75, 3.05) is 12.3 Å². The maximum absolute atomic E-state index is 13.9. The predicted molar refractivity (Wildman–Crippen MR) is 96.4 cm³/mol. The minimum atomic E-state index is -3.64. The minimum absolute atomic E-state index is 0.139. The van der Waals surface area contributed by atoms with Crippen molar-refractivity contribution in [3.05, 3.63) is 69.5 Å². The van der Waals surface area contributed by atoms with Crippen LogP contribution in [0.25, 0.3) is 0 Å². The van der Waals surface area contributed by atoms with E-state index in [2.05, 4.69) is 0 Å². The third kappa shape index (κ3) is 3.75. The molecule has 0 spiro atoms. The molecule has 3 rings (SSSR count). The van der Waals surface area contributed by atoms with Gasteiger partial charge in [0.1, 0.15) is 5.82 Å². The molecule has 0 aromatic heterocycles. The van der Waals surface area contributed by atoms with E-state index in [4.69, 9.17) is 11.6 Å². The first-order valence-electron chi connectivity index (χ1n) is 8.04. The molecule has 0 amide bonds. The number of rotatable bonds is 5. The van der Waals surface area contributed by atoms with Crippen LogP contribution >= 0.6 is 11.6 Å². The Morgan fingerprint density at radius 2 is 1.96 bits per heavy atom. The van der Waals surface area contributed by atoms with Crippen LogP contribution in [0.15, 0.2) is 36.4 Å². The number of halogens is 2. The predicted octanol–water partition coefficient (Wildman–Crippen LogP) is 3.11. The third-order valence-corrected chi connectivity index (χ3v) is 6.71. The summed E-state index contributed by atoms with van der Waals surface area (Å²) in [5.74, 6) is -2.40. The van der Waals surface area contributed by atoms with Crippen molar-refractivity contribution in [1.82, 2.24) is 4.31 Å². The fourth-order valence-corrected chi connectivity index (χ4v) is 4.78. The van der Waals surface area contributed by atoms with Gasteiger partial charge in [0.05, 0.1) is 11.3 Å². The monoisotopic (exact) mass is 397 g/mol. The molecular weight excluding hydrogens is 381 g/mol. The van der Waals surface area contributed by atoms with Gasteiger partial charge in [-0.2, -0.15) is 4.31 Å². The van der Waals surface area contributed by atoms with Crippen LogP contribution in [0.2, 0.25) is 5.02 Å². The first kappa shape index (κ1) is 18.8. The second-order valence-electron chi connectivity index (χ2n) is 6.11. The van der Waals surface area contributed by atoms with Gasteiger partial charge < -0.3 is 5.11 Å². The van der Waals surface area contributed by atoms with Crippen molar-refractivity contribution in [3.63, 3.8) is 0 Å². The highest BCUT2D eigenvalue weighted by molar-refractivity contribution is 7.89. The SMILES string of the molecule is O=C(O)c1c(F)ccc2c1CN(S(=O)(=O)CCc1ccccc1Cl)CC2. The zero-order chi connectivity index (χ0) is 18.9. The minimum Gasteiger partial charge on any atom is -0.478 e. The summed E-state index contributed by atoms with van der Waals surface area (Å²) in [7, 11) is -3.64. The van der Waals surface area contributed by atoms with Gasteiger partial charge in [0.15, 0.2) is 0 Å². The number of benzene rings is 2. The van der Waals surface area contributed by atoms with Crippen LogP contribution in [0.1, 0.15) is 27.0 Å². The van der Waals surface area contributed by atoms with Gasteiger partial charge in [0.25, 0.3) is 0 Å². The number of carbonyl (C=O) groups is 1. The number of fused-ring (bicyclic) bond motifs is 1. The van der Waals surface area contributed by atoms with E-state index < -0.39 is 27.4 Å². The lowest BCUT2D eigenvalue weighted by molar-refractivity contribution is 0.0689. The molecule has 0 aliphatic carbocycles. The second-order valence-corrected chi connectivity index (χ2v) is 8.60. The van der Waals surface area contributed by atoms with Gasteiger partial charge in [0, 0.05) is 18.1 Å². The summed E-state index contributed by atoms with van der Waals surface area (Å²) in [6.45, 7) is 0.0993. The van der Waals surface area contributed by atoms with Crippen molar-refractivity contribution in [2.45, 2.75) is 19.4 Å². The van der Waals surface area contributed by atoms with E-state index in [0.29, 0.717) is 17.0 Å². The maximum atomic E-state index is 13.9. The number of carboxylic acid groups (broad SMARTS) is 1. The molecule has 0 bridgehead atoms. The molecule has 1 aliphatic rings. The van der Waals surface area contributed by atoms with Gasteiger partial charge in [-0.1, -0.05) is 35.9 Å². The molecule has 8 heteroatoms. The zero-order valence-corrected chi connectivity index (χ0v) is 15.4. The molecule has 1 aliphatic heterocycles. The number of carboxylic acids is 1. The van der Waals surface area contributed by atoms with Crippen molar-refractivity contribution in [3.8, 4) is 0 Å². The average Bonchev–Trinajstić information content (AvgIpc) is 2.60. The second kappa shape index (κ2) is 7.34. The van der Waals surface area contributed by atoms with Crippen molar-refractivity contribution in [1.29, 1.82) is 0 Å². The van der Waals surface area contributed by atoms with Gasteiger partial charge in [-0.3, -0.25) is 0 Å². The van der Waals surface area contributed by atoms with Gasteiger partial charge in [-0.25, -0.2) is 17.6 Å². The smallest absolute Gasteiger partial charge is 0.339 e. The van der Waals surface area contributed by atoms with E-state index in [-0.39, 0.29) is 30.8 Å². The standard InChI is InChI=1S/C18H17ClFNO4S/c19-15-4-2-1-3-13(15)8-10-26(24,25)21-9-7-12-5-6-16(20)17(18(22)23)14(12)11-21/h1-6H,7-11H2,(H,22,23). The first-order valence-corrected chi connectivity index (χ1v) is 10.0. The molecule has 0 saturated carbocycles. The van der Waals surface area contributed by atoms with E-state index in [9.17, 15) is 22.7 Å². The number of hydrogen-bond donors (Lipinski definition) is 1. The van der Waals surface area contributed by atoms with Gasteiger partial charge in [-0.05, 0) is 41.7 Å². The molecule has 0 atom stereocenters. The summed E-state index contributed by atoms with van der Waals surface area (Å²) in [5.41, 5.74) is 1.17. The first-order chi connectivity index (χ1) is 12.3. The third-order valence-electron chi connectivity index (χ3n) is 4.52. The van der Waals surface area contributed by atoms with Crippen molar-refractivity contribution < 1.29 is 22.7 Å². The molecular formula is C18H17ClFNO4S. The normalized spacial score (nSPS) is 14.8. The Bertz CT molecular complexity index is 962. The van der Waals surface area contributed by atoms with E-state index in [0.717, 1.165) is 11.6 Å². The highest BCUT2D eigenvalue weighted by atomic mass is 35.5. The summed E-state index contributed by atoms with van der Waals surface area (Å²) in [5, 5.41) is 9.77. The highest BCUT2D eigenvalue weighted by Crippen LogP contribution is 2.27. The lowest BCUT2D eigenvalue weighted by Crippen LogP contribution is -2.38. The highest BCUT2D eigenvalue weighted by Gasteiger charge is 2.30. The van der Waals surface area contributed by atoms with Crippen LogP contribution in [0.5, 0.6) is 0 Å². The molecule has 0 fully saturated rings. The molecule has 0 radical (unpaired) electrons. The van der Waals surface area contributed by atoms with Crippen LogP contribution in [0, 0.1) is 5.82 Å². The molecule has 26 heavy (non-hydrogen) atoms. The van der Waals surface area contributed by atoms with Crippen LogP contribution in [-0.4, -0.2) is 36.1 Å². The Labute approximate surface area is 156 Å². The Balaban J connectivity index is 1.82. The number of sulfonamides is 1. The van der Waals surface area contributed by atoms with E-state index in [1.54, 1.807) is 24.3 Å². The number of hydrogen-bond acceptors (Lipinski definition) is 3. The molecule has 0 unspecified atom stereocenters. The lowest BCUT2D eigenvalue weighted by atomic mass is 9.95. The Kier molecular flexibility index (Phi) is 5.32.